The van der Waals surface area contributed by atoms with Crippen molar-refractivity contribution in [2.24, 2.45) is 0 Å². The third-order valence-corrected chi connectivity index (χ3v) is 3.93. The molecule has 0 atom stereocenters. The van der Waals surface area contributed by atoms with Gasteiger partial charge in [-0.15, -0.1) is 0 Å². The maximum atomic E-state index is 12.0. The number of hydrogen-bond donors (Lipinski definition) is 2. The van der Waals surface area contributed by atoms with E-state index in [0.717, 1.165) is 17.5 Å². The molecule has 0 aliphatic carbocycles. The molecule has 0 aliphatic rings. The lowest BCUT2D eigenvalue weighted by molar-refractivity contribution is 0.581. The second-order valence-electron chi connectivity index (χ2n) is 3.84. The van der Waals surface area contributed by atoms with Crippen LogP contribution in [0.15, 0.2) is 29.4 Å². The van der Waals surface area contributed by atoms with Gasteiger partial charge in [-0.05, 0) is 19.1 Å². The zero-order chi connectivity index (χ0) is 13.9. The molecule has 19 heavy (non-hydrogen) atoms. The molecule has 0 saturated heterocycles. The maximum absolute atomic E-state index is 12.0. The highest BCUT2D eigenvalue weighted by atomic mass is 32.2. The van der Waals surface area contributed by atoms with Gasteiger partial charge in [-0.2, -0.15) is 10.4 Å². The fourth-order valence-corrected chi connectivity index (χ4v) is 2.37. The number of pyridine rings is 1. The normalized spacial score (nSPS) is 11.2. The van der Waals surface area contributed by atoms with Crippen LogP contribution in [-0.2, 0) is 16.6 Å². The van der Waals surface area contributed by atoms with E-state index < -0.39 is 10.0 Å². The third-order valence-electron chi connectivity index (χ3n) is 2.55. The van der Waals surface area contributed by atoms with Crippen LogP contribution in [0.2, 0.25) is 0 Å². The highest BCUT2D eigenvalue weighted by Gasteiger charge is 2.15. The van der Waals surface area contributed by atoms with Crippen LogP contribution in [0.1, 0.15) is 17.0 Å². The quantitative estimate of drug-likeness (QED) is 0.843. The van der Waals surface area contributed by atoms with Crippen molar-refractivity contribution in [1.82, 2.24) is 19.9 Å². The van der Waals surface area contributed by atoms with E-state index in [1.807, 2.05) is 6.07 Å². The van der Waals surface area contributed by atoms with Crippen molar-refractivity contribution < 1.29 is 8.42 Å². The summed E-state index contributed by atoms with van der Waals surface area (Å²) in [6.07, 6.45) is 2.72. The Morgan fingerprint density at radius 2 is 2.21 bits per heavy atom. The van der Waals surface area contributed by atoms with Crippen LogP contribution in [0.4, 0.5) is 0 Å². The van der Waals surface area contributed by atoms with E-state index in [1.54, 1.807) is 13.1 Å². The molecule has 0 amide bonds. The van der Waals surface area contributed by atoms with Crippen LogP contribution in [0.3, 0.4) is 0 Å². The summed E-state index contributed by atoms with van der Waals surface area (Å²) in [4.78, 5) is 3.75. The van der Waals surface area contributed by atoms with E-state index in [4.69, 9.17) is 5.26 Å². The molecule has 0 bridgehead atoms. The largest absolute Gasteiger partial charge is 0.283 e. The average molecular weight is 277 g/mol. The monoisotopic (exact) mass is 277 g/mol. The first kappa shape index (κ1) is 13.2. The zero-order valence-corrected chi connectivity index (χ0v) is 10.9. The number of nitrogens with zero attached hydrogens (tertiary/aromatic N) is 3. The molecule has 0 fully saturated rings. The van der Waals surface area contributed by atoms with E-state index in [9.17, 15) is 8.42 Å². The van der Waals surface area contributed by atoms with Crippen LogP contribution in [0.25, 0.3) is 0 Å². The standard InChI is InChI=1S/C11H11N5O2S/c1-8-9(5-14-16-8)6-15-19(17,18)11-3-2-10(4-12)13-7-11/h2-3,5,7,15H,6H2,1H3,(H,14,16). The van der Waals surface area contributed by atoms with Crippen molar-refractivity contribution in [2.75, 3.05) is 0 Å². The van der Waals surface area contributed by atoms with Crippen LogP contribution < -0.4 is 4.72 Å². The summed E-state index contributed by atoms with van der Waals surface area (Å²) in [5, 5.41) is 15.1. The molecule has 7 nitrogen and oxygen atoms in total. The van der Waals surface area contributed by atoms with Gasteiger partial charge < -0.3 is 0 Å². The minimum atomic E-state index is -3.64. The Hall–Kier alpha value is -2.24. The number of aromatic nitrogens is 3. The molecule has 98 valence electrons. The van der Waals surface area contributed by atoms with E-state index in [2.05, 4.69) is 19.9 Å². The Bertz CT molecular complexity index is 712. The van der Waals surface area contributed by atoms with Gasteiger partial charge in [-0.1, -0.05) is 0 Å². The molecule has 0 saturated carbocycles. The van der Waals surface area contributed by atoms with E-state index in [-0.39, 0.29) is 17.1 Å². The summed E-state index contributed by atoms with van der Waals surface area (Å²) >= 11 is 0. The number of hydrogen-bond acceptors (Lipinski definition) is 5. The fourth-order valence-electron chi connectivity index (χ4n) is 1.42. The van der Waals surface area contributed by atoms with E-state index in [1.165, 1.54) is 12.1 Å². The first-order chi connectivity index (χ1) is 9.03. The topological polar surface area (TPSA) is 112 Å². The third kappa shape index (κ3) is 2.96. The molecule has 0 unspecified atom stereocenters. The Kier molecular flexibility index (Phi) is 3.59. The van der Waals surface area contributed by atoms with Crippen LogP contribution in [0, 0.1) is 18.3 Å². The second kappa shape index (κ2) is 5.17. The molecular weight excluding hydrogens is 266 g/mol. The van der Waals surface area contributed by atoms with Crippen molar-refractivity contribution in [3.05, 3.63) is 41.5 Å². The summed E-state index contributed by atoms with van der Waals surface area (Å²) < 4.78 is 26.4. The molecule has 0 radical (unpaired) electrons. The smallest absolute Gasteiger partial charge is 0.242 e. The lowest BCUT2D eigenvalue weighted by atomic mass is 10.3. The molecular formula is C11H11N5O2S. The summed E-state index contributed by atoms with van der Waals surface area (Å²) in [5.41, 5.74) is 1.75. The molecule has 2 N–H and O–H groups in total. The predicted molar refractivity (Wildman–Crippen MR) is 66.3 cm³/mol. The number of nitriles is 1. The molecule has 0 aromatic carbocycles. The molecule has 2 heterocycles. The minimum absolute atomic E-state index is 0.0210. The van der Waals surface area contributed by atoms with Gasteiger partial charge in [0.05, 0.1) is 6.20 Å². The van der Waals surface area contributed by atoms with E-state index >= 15 is 0 Å². The highest BCUT2D eigenvalue weighted by molar-refractivity contribution is 7.89. The van der Waals surface area contributed by atoms with Gasteiger partial charge in [0.2, 0.25) is 10.0 Å². The molecule has 8 heteroatoms. The van der Waals surface area contributed by atoms with Crippen molar-refractivity contribution >= 4 is 10.0 Å². The van der Waals surface area contributed by atoms with Gasteiger partial charge in [0.15, 0.2) is 0 Å². The lowest BCUT2D eigenvalue weighted by Crippen LogP contribution is -2.23. The van der Waals surface area contributed by atoms with Crippen molar-refractivity contribution in [3.8, 4) is 6.07 Å². The number of aromatic amines is 1. The van der Waals surface area contributed by atoms with Crippen molar-refractivity contribution in [2.45, 2.75) is 18.4 Å². The Balaban J connectivity index is 2.14. The zero-order valence-electron chi connectivity index (χ0n) is 10.1. The van der Waals surface area contributed by atoms with Gasteiger partial charge in [0.25, 0.3) is 0 Å². The summed E-state index contributed by atoms with van der Waals surface area (Å²) in [6, 6.07) is 4.53. The fraction of sp³-hybridized carbons (Fsp3) is 0.182. The molecule has 2 rings (SSSR count). The highest BCUT2D eigenvalue weighted by Crippen LogP contribution is 2.09. The first-order valence-corrected chi connectivity index (χ1v) is 6.86. The second-order valence-corrected chi connectivity index (χ2v) is 5.60. The summed E-state index contributed by atoms with van der Waals surface area (Å²) in [5.74, 6) is 0. The number of aryl methyl sites for hydroxylation is 1. The maximum Gasteiger partial charge on any atom is 0.242 e. The number of rotatable bonds is 4. The lowest BCUT2D eigenvalue weighted by Gasteiger charge is -2.05. The van der Waals surface area contributed by atoms with Crippen LogP contribution in [-0.4, -0.2) is 23.6 Å². The van der Waals surface area contributed by atoms with Gasteiger partial charge >= 0.3 is 0 Å². The summed E-state index contributed by atoms with van der Waals surface area (Å²) in [6.45, 7) is 1.95. The Labute approximate surface area is 110 Å². The van der Waals surface area contributed by atoms with Crippen LogP contribution in [0.5, 0.6) is 0 Å². The van der Waals surface area contributed by atoms with Gasteiger partial charge in [0.1, 0.15) is 16.7 Å². The predicted octanol–water partition coefficient (Wildman–Crippen LogP) is 0.463. The average Bonchev–Trinajstić information content (AvgIpc) is 2.82. The van der Waals surface area contributed by atoms with Crippen molar-refractivity contribution in [1.29, 1.82) is 5.26 Å². The van der Waals surface area contributed by atoms with Crippen molar-refractivity contribution in [3.63, 3.8) is 0 Å². The first-order valence-electron chi connectivity index (χ1n) is 5.37. The molecule has 0 aliphatic heterocycles. The SMILES string of the molecule is Cc1[nH]ncc1CNS(=O)(=O)c1ccc(C#N)nc1. The number of nitrogens with one attached hydrogen (secondary N) is 2. The Morgan fingerprint density at radius 1 is 1.42 bits per heavy atom. The number of H-pyrrole nitrogens is 1. The van der Waals surface area contributed by atoms with E-state index in [0.29, 0.717) is 0 Å². The van der Waals surface area contributed by atoms with Gasteiger partial charge in [-0.3, -0.25) is 5.10 Å². The number of sulfonamides is 1. The van der Waals surface area contributed by atoms with Crippen LogP contribution >= 0.6 is 0 Å². The van der Waals surface area contributed by atoms with Gasteiger partial charge in [0, 0.05) is 24.0 Å². The Morgan fingerprint density at radius 3 is 2.74 bits per heavy atom. The molecule has 2 aromatic rings. The minimum Gasteiger partial charge on any atom is -0.283 e. The summed E-state index contributed by atoms with van der Waals surface area (Å²) in [7, 11) is -3.64. The van der Waals surface area contributed by atoms with Gasteiger partial charge in [-0.25, -0.2) is 18.1 Å². The molecule has 0 spiro atoms. The molecule has 2 aromatic heterocycles.